The predicted octanol–water partition coefficient (Wildman–Crippen LogP) is 29.5. The molecule has 0 N–H and O–H groups in total. The topological polar surface area (TPSA) is 103 Å². The first-order valence-electron chi connectivity index (χ1n) is 46.1. The summed E-state index contributed by atoms with van der Waals surface area (Å²) in [5.41, 5.74) is 27.0. The van der Waals surface area contributed by atoms with Crippen LogP contribution in [0, 0.1) is 55.5 Å². The van der Waals surface area contributed by atoms with Gasteiger partial charge in [0, 0.05) is 130 Å². The van der Waals surface area contributed by atoms with Crippen molar-refractivity contribution in [2.45, 2.75) is 85.5 Å². The van der Waals surface area contributed by atoms with E-state index in [2.05, 4.69) is 343 Å². The number of benzene rings is 12. The largest absolute Gasteiger partial charge is 0.305 e. The summed E-state index contributed by atoms with van der Waals surface area (Å²) in [7, 11) is -5.05. The maximum Gasteiger partial charge on any atom is 0.0775 e. The van der Waals surface area contributed by atoms with E-state index in [1.807, 2.05) is 262 Å². The Kier molecular flexibility index (Phi) is 45.0. The van der Waals surface area contributed by atoms with Gasteiger partial charge in [-0.3, -0.25) is 0 Å². The summed E-state index contributed by atoms with van der Waals surface area (Å²) in [6.07, 6.45) is 14.6. The molecular weight excluding hydrogens is 2490 g/mol. The predicted molar refractivity (Wildman–Crippen MR) is 586 cm³/mol. The molecule has 20 aromatic rings. The van der Waals surface area contributed by atoms with Crippen LogP contribution in [-0.2, 0) is 80.4 Å². The van der Waals surface area contributed by atoms with E-state index in [1.165, 1.54) is 70.8 Å². The molecule has 714 valence electrons. The van der Waals surface area contributed by atoms with Gasteiger partial charge in [-0.15, -0.1) is 263 Å². The van der Waals surface area contributed by atoms with Gasteiger partial charge in [0.05, 0.1) is 32.3 Å². The van der Waals surface area contributed by atoms with Gasteiger partial charge in [0.2, 0.25) is 0 Å². The van der Waals surface area contributed by atoms with Gasteiger partial charge in [-0.1, -0.05) is 338 Å². The summed E-state index contributed by atoms with van der Waals surface area (Å²) in [5, 5.41) is 5.90. The van der Waals surface area contributed by atoms with Gasteiger partial charge in [0.25, 0.3) is 0 Å². The van der Waals surface area contributed by atoms with E-state index < -0.39 is 32.3 Å². The Bertz CT molecular complexity index is 6330. The molecule has 8 nitrogen and oxygen atoms in total. The number of aromatic nitrogens is 8. The van der Waals surface area contributed by atoms with Crippen LogP contribution in [0.25, 0.3) is 135 Å². The molecule has 0 amide bonds. The van der Waals surface area contributed by atoms with Crippen LogP contribution in [0.3, 0.4) is 0 Å². The SMILES string of the molecule is C[Si](C)(C)c1ccc(-c2c[c-]c(-c3ccccn3)cc2)cc1.C[Si](C)(C)c1cccc(-c2c[c-]c(-c3ccccn3)cc2)c1.C[Si](C)(C)c1ccnc(-c2[c-]cc(-c3ccccc3)cc2)c1.Cc1ccc(-c2[c-]cc(-c3ccc([Si](C)(C)C)cc3)cc2)nc1.[Ir].[Ir].[Ir].[Ir].[c-]1ccccc1-c1ccccn1.[c-]1ccccc1-c1ccccn1.[c-]1ccccc1-c1ccccn1.[c-]1ccccc1-c1ccccn1. The van der Waals surface area contributed by atoms with E-state index >= 15 is 0 Å². The molecule has 0 spiro atoms. The Hall–Kier alpha value is -12.7. The summed E-state index contributed by atoms with van der Waals surface area (Å²) in [4.78, 5) is 34.6. The van der Waals surface area contributed by atoms with Crippen molar-refractivity contribution in [3.05, 3.63) is 510 Å². The number of pyridine rings is 8. The third kappa shape index (κ3) is 35.5. The van der Waals surface area contributed by atoms with Gasteiger partial charge < -0.3 is 39.9 Å². The number of hydrogen-bond acceptors (Lipinski definition) is 8. The first-order valence-corrected chi connectivity index (χ1v) is 60.1. The Balaban J connectivity index is 0.000000182. The standard InChI is InChI=1S/C21H22NSi.3C20H20NSi.4C11H8N.4Ir/c1-16-5-14-21(22-15-16)19-8-6-17(7-9-19)18-10-12-20(13-11-18)23(2,3)4;1-22(2,3)19-8-6-7-18(15-19)16-10-12-17(13-11-16)20-9-4-5-14-21-20;1-22(2,3)19-13-11-17(12-14-19)16-7-9-18(10-8-16)20-6-4-5-15-21-20;1-22(2,3)19-13-14-21-20(15-19)18-11-9-17(10-12-18)16-7-5-4-6-8-16;4*1-2-6-10(7-3-1)11-8-4-5-9-12-11;;;;/h5-8,10-15H,1-4H3;4-12,14-15H,1-3H3;4-9,11-15H,1-3H3;4-11,13-15H,1-3H3;4*1-6,8-9H;;;;/q8*-1;;;;. The smallest absolute Gasteiger partial charge is 0.0775 e. The Labute approximate surface area is 894 Å². The van der Waals surface area contributed by atoms with Crippen LogP contribution in [0.15, 0.2) is 456 Å². The molecule has 20 rings (SSSR count). The average Bonchev–Trinajstić information content (AvgIpc) is 0.827. The summed E-state index contributed by atoms with van der Waals surface area (Å²) < 4.78 is 0. The van der Waals surface area contributed by atoms with Crippen LogP contribution in [0.2, 0.25) is 78.6 Å². The zero-order chi connectivity index (χ0) is 96.1. The Morgan fingerprint density at radius 3 is 0.695 bits per heavy atom. The maximum atomic E-state index is 4.52. The molecule has 12 aromatic carbocycles. The van der Waals surface area contributed by atoms with Crippen molar-refractivity contribution in [3.63, 3.8) is 0 Å². The number of rotatable bonds is 16. The number of nitrogens with zero attached hydrogens (tertiary/aromatic N) is 8. The van der Waals surface area contributed by atoms with Crippen molar-refractivity contribution in [3.8, 4) is 135 Å². The monoisotopic (exact) mass is 2610 g/mol. The molecule has 141 heavy (non-hydrogen) atoms. The fraction of sp³-hybridized carbons (Fsp3) is 0.104. The molecular formula is C125H114Ir4N8Si4-8. The third-order valence-electron chi connectivity index (χ3n) is 22.2. The molecule has 8 aromatic heterocycles. The van der Waals surface area contributed by atoms with Crippen LogP contribution in [-0.4, -0.2) is 72.2 Å². The first-order chi connectivity index (χ1) is 66.4. The summed E-state index contributed by atoms with van der Waals surface area (Å²) in [6, 6.07) is 164. The quantitative estimate of drug-likeness (QED) is 0.0696. The van der Waals surface area contributed by atoms with Gasteiger partial charge >= 0.3 is 0 Å². The molecule has 0 saturated carbocycles. The van der Waals surface area contributed by atoms with E-state index in [0.717, 1.165) is 90.1 Å². The molecule has 0 fully saturated rings. The van der Waals surface area contributed by atoms with Gasteiger partial charge in [-0.25, -0.2) is 0 Å². The van der Waals surface area contributed by atoms with Crippen LogP contribution in [0.1, 0.15) is 5.56 Å². The van der Waals surface area contributed by atoms with E-state index in [-0.39, 0.29) is 80.4 Å². The second kappa shape index (κ2) is 56.7. The van der Waals surface area contributed by atoms with E-state index in [9.17, 15) is 0 Å². The molecule has 0 aliphatic heterocycles. The van der Waals surface area contributed by atoms with Crippen molar-refractivity contribution in [2.24, 2.45) is 0 Å². The molecule has 0 atom stereocenters. The Morgan fingerprint density at radius 1 is 0.170 bits per heavy atom. The van der Waals surface area contributed by atoms with Gasteiger partial charge in [-0.05, 0) is 101 Å². The zero-order valence-corrected chi connectivity index (χ0v) is 95.3. The van der Waals surface area contributed by atoms with Crippen molar-refractivity contribution >= 4 is 53.0 Å². The average molecular weight is 2610 g/mol. The molecule has 4 radical (unpaired) electrons. The van der Waals surface area contributed by atoms with Gasteiger partial charge in [0.1, 0.15) is 0 Å². The molecule has 0 aliphatic carbocycles. The normalized spacial score (nSPS) is 10.5. The van der Waals surface area contributed by atoms with Crippen LogP contribution >= 0.6 is 0 Å². The van der Waals surface area contributed by atoms with E-state index in [0.29, 0.717) is 0 Å². The summed E-state index contributed by atoms with van der Waals surface area (Å²) >= 11 is 0. The molecule has 8 heterocycles. The van der Waals surface area contributed by atoms with Crippen LogP contribution < -0.4 is 20.7 Å². The third-order valence-corrected chi connectivity index (χ3v) is 30.4. The minimum absolute atomic E-state index is 0. The second-order valence-electron chi connectivity index (χ2n) is 36.6. The molecule has 0 aliphatic rings. The zero-order valence-electron chi connectivity index (χ0n) is 81.7. The fourth-order valence-electron chi connectivity index (χ4n) is 14.2. The van der Waals surface area contributed by atoms with Crippen molar-refractivity contribution in [1.29, 1.82) is 0 Å². The van der Waals surface area contributed by atoms with Crippen molar-refractivity contribution < 1.29 is 80.4 Å². The second-order valence-corrected chi connectivity index (χ2v) is 56.9. The van der Waals surface area contributed by atoms with Gasteiger partial charge in [-0.2, -0.15) is 0 Å². The minimum atomic E-state index is -1.32. The number of aryl methyl sites for hydroxylation is 1. The van der Waals surface area contributed by atoms with E-state index in [4.69, 9.17) is 0 Å². The van der Waals surface area contributed by atoms with Gasteiger partial charge in [0.15, 0.2) is 0 Å². The van der Waals surface area contributed by atoms with Crippen molar-refractivity contribution in [2.75, 3.05) is 0 Å². The summed E-state index contributed by atoms with van der Waals surface area (Å²) in [6.45, 7) is 30.5. The number of hydrogen-bond donors (Lipinski definition) is 0. The molecule has 0 saturated heterocycles. The molecule has 0 bridgehead atoms. The minimum Gasteiger partial charge on any atom is -0.305 e. The molecule has 0 unspecified atom stereocenters. The summed E-state index contributed by atoms with van der Waals surface area (Å²) in [5.74, 6) is 0. The van der Waals surface area contributed by atoms with Crippen LogP contribution in [0.4, 0.5) is 0 Å². The Morgan fingerprint density at radius 2 is 0.426 bits per heavy atom. The van der Waals surface area contributed by atoms with Crippen molar-refractivity contribution in [1.82, 2.24) is 39.9 Å². The fourth-order valence-corrected chi connectivity index (χ4v) is 18.9. The van der Waals surface area contributed by atoms with E-state index in [1.54, 1.807) is 24.8 Å². The maximum absolute atomic E-state index is 4.52. The first kappa shape index (κ1) is 112. The molecule has 16 heteroatoms. The van der Waals surface area contributed by atoms with Crippen LogP contribution in [0.5, 0.6) is 0 Å².